The monoisotopic (exact) mass is 394 g/mol. The van der Waals surface area contributed by atoms with E-state index in [1.807, 2.05) is 24.3 Å². The Balaban J connectivity index is 1.81. The van der Waals surface area contributed by atoms with Crippen molar-refractivity contribution in [2.24, 2.45) is 0 Å². The maximum Gasteiger partial charge on any atom is 0.303 e. The Morgan fingerprint density at radius 3 is 2.76 bits per heavy atom. The van der Waals surface area contributed by atoms with Crippen LogP contribution >= 0.6 is 0 Å². The molecule has 0 fully saturated rings. The number of nitrogens with one attached hydrogen (secondary N) is 2. The lowest BCUT2D eigenvalue weighted by atomic mass is 9.95. The van der Waals surface area contributed by atoms with E-state index in [9.17, 15) is 19.8 Å². The number of fused-ring (bicyclic) bond motifs is 2. The molecule has 6 heteroatoms. The lowest BCUT2D eigenvalue weighted by Gasteiger charge is -2.08. The molecule has 0 bridgehead atoms. The lowest BCUT2D eigenvalue weighted by molar-refractivity contribution is -0.137. The van der Waals surface area contributed by atoms with Crippen LogP contribution < -0.4 is 5.32 Å². The van der Waals surface area contributed by atoms with Crippen molar-refractivity contribution in [3.05, 3.63) is 51.8 Å². The summed E-state index contributed by atoms with van der Waals surface area (Å²) in [5.41, 5.74) is 7.36. The number of aliphatic carboxylic acids is 1. The first-order valence-electron chi connectivity index (χ1n) is 10.3. The van der Waals surface area contributed by atoms with Crippen LogP contribution in [0, 0.1) is 0 Å². The summed E-state index contributed by atoms with van der Waals surface area (Å²) in [6.45, 7) is 0.0125. The molecule has 1 aliphatic heterocycles. The second-order valence-corrected chi connectivity index (χ2v) is 7.75. The van der Waals surface area contributed by atoms with Crippen LogP contribution in [0.4, 0.5) is 5.69 Å². The Labute approximate surface area is 169 Å². The van der Waals surface area contributed by atoms with Gasteiger partial charge in [-0.3, -0.25) is 9.59 Å². The van der Waals surface area contributed by atoms with Crippen molar-refractivity contribution in [1.82, 2.24) is 4.98 Å². The smallest absolute Gasteiger partial charge is 0.303 e. The molecule has 2 heterocycles. The van der Waals surface area contributed by atoms with Gasteiger partial charge in [-0.15, -0.1) is 0 Å². The molecule has 152 valence electrons. The third-order valence-electron chi connectivity index (χ3n) is 5.86. The predicted octanol–water partition coefficient (Wildman–Crippen LogP) is 3.33. The average Bonchev–Trinajstić information content (AvgIpc) is 3.07. The SMILES string of the molecule is O=C(O)CCc1c(/C=C2\C(=O)Nc3cccc(CCO)c32)[nH]c2c1CCCCC2. The minimum absolute atomic E-state index is 0.0125. The highest BCUT2D eigenvalue weighted by Crippen LogP contribution is 2.37. The van der Waals surface area contributed by atoms with E-state index in [1.165, 1.54) is 17.7 Å². The van der Waals surface area contributed by atoms with Crippen LogP contribution in [0.2, 0.25) is 0 Å². The number of carboxylic acid groups (broad SMARTS) is 1. The van der Waals surface area contributed by atoms with Gasteiger partial charge in [0.1, 0.15) is 0 Å². The van der Waals surface area contributed by atoms with Crippen LogP contribution in [0.15, 0.2) is 18.2 Å². The van der Waals surface area contributed by atoms with Gasteiger partial charge in [-0.25, -0.2) is 0 Å². The van der Waals surface area contributed by atoms with Crippen LogP contribution in [0.25, 0.3) is 11.6 Å². The Bertz CT molecular complexity index is 987. The second kappa shape index (κ2) is 8.25. The number of carbonyl (C=O) groups is 2. The van der Waals surface area contributed by atoms with Crippen LogP contribution in [-0.4, -0.2) is 33.7 Å². The first kappa shape index (κ1) is 19.5. The maximum absolute atomic E-state index is 12.7. The number of benzene rings is 1. The molecule has 1 amide bonds. The number of carboxylic acids is 1. The van der Waals surface area contributed by atoms with Crippen LogP contribution in [0.5, 0.6) is 0 Å². The molecule has 0 saturated carbocycles. The standard InChI is InChI=1S/C23H26N2O4/c26-12-11-14-5-4-8-19-22(14)17(23(29)25-19)13-20-16(9-10-21(27)28)15-6-2-1-3-7-18(15)24-20/h4-5,8,13,24,26H,1-3,6-7,9-12H2,(H,25,29)(H,27,28)/b17-13-. The van der Waals surface area contributed by atoms with Gasteiger partial charge in [0.05, 0.1) is 5.57 Å². The van der Waals surface area contributed by atoms with Gasteiger partial charge >= 0.3 is 5.97 Å². The quantitative estimate of drug-likeness (QED) is 0.446. The number of H-pyrrole nitrogens is 1. The maximum atomic E-state index is 12.7. The van der Waals surface area contributed by atoms with Crippen molar-refractivity contribution in [2.45, 2.75) is 51.4 Å². The number of amides is 1. The average molecular weight is 394 g/mol. The molecule has 0 radical (unpaired) electrons. The fourth-order valence-electron chi connectivity index (χ4n) is 4.53. The number of aromatic amines is 1. The van der Waals surface area contributed by atoms with Gasteiger partial charge in [0.25, 0.3) is 5.91 Å². The lowest BCUT2D eigenvalue weighted by Crippen LogP contribution is -2.05. The summed E-state index contributed by atoms with van der Waals surface area (Å²) in [6, 6.07) is 5.67. The summed E-state index contributed by atoms with van der Waals surface area (Å²) in [7, 11) is 0. The molecule has 1 aliphatic carbocycles. The normalized spacial score (nSPS) is 17.0. The molecule has 4 rings (SSSR count). The van der Waals surface area contributed by atoms with Gasteiger partial charge in [0.2, 0.25) is 0 Å². The molecule has 4 N–H and O–H groups in total. The van der Waals surface area contributed by atoms with Crippen molar-refractivity contribution < 1.29 is 19.8 Å². The van der Waals surface area contributed by atoms with Gasteiger partial charge in [-0.2, -0.15) is 0 Å². The van der Waals surface area contributed by atoms with Gasteiger partial charge in [0, 0.05) is 35.7 Å². The molecule has 1 aromatic carbocycles. The highest BCUT2D eigenvalue weighted by Gasteiger charge is 2.28. The van der Waals surface area contributed by atoms with E-state index in [0.29, 0.717) is 18.4 Å². The predicted molar refractivity (Wildman–Crippen MR) is 112 cm³/mol. The number of hydrogen-bond donors (Lipinski definition) is 4. The molecule has 6 nitrogen and oxygen atoms in total. The first-order valence-corrected chi connectivity index (χ1v) is 10.3. The first-order chi connectivity index (χ1) is 14.1. The molecule has 0 spiro atoms. The molecular weight excluding hydrogens is 368 g/mol. The summed E-state index contributed by atoms with van der Waals surface area (Å²) in [5, 5.41) is 21.5. The molecule has 2 aliphatic rings. The summed E-state index contributed by atoms with van der Waals surface area (Å²) < 4.78 is 0. The third-order valence-corrected chi connectivity index (χ3v) is 5.86. The number of aliphatic hydroxyl groups excluding tert-OH is 1. The fourth-order valence-corrected chi connectivity index (χ4v) is 4.53. The van der Waals surface area contributed by atoms with Crippen LogP contribution in [0.3, 0.4) is 0 Å². The minimum Gasteiger partial charge on any atom is -0.481 e. The molecule has 0 saturated heterocycles. The van der Waals surface area contributed by atoms with Crippen molar-refractivity contribution >= 4 is 29.2 Å². The molecular formula is C23H26N2O4. The summed E-state index contributed by atoms with van der Waals surface area (Å²) in [6.07, 6.45) is 8.16. The Kier molecular flexibility index (Phi) is 5.53. The number of aryl methyl sites for hydroxylation is 1. The number of rotatable bonds is 6. The van der Waals surface area contributed by atoms with Gasteiger partial charge in [-0.1, -0.05) is 18.6 Å². The summed E-state index contributed by atoms with van der Waals surface area (Å²) in [5.74, 6) is -0.985. The highest BCUT2D eigenvalue weighted by molar-refractivity contribution is 6.35. The minimum atomic E-state index is -0.818. The molecule has 0 atom stereocenters. The third kappa shape index (κ3) is 3.85. The van der Waals surface area contributed by atoms with E-state index in [-0.39, 0.29) is 18.9 Å². The fraction of sp³-hybridized carbons (Fsp3) is 0.391. The number of aromatic nitrogens is 1. The Morgan fingerprint density at radius 2 is 1.97 bits per heavy atom. The van der Waals surface area contributed by atoms with E-state index in [0.717, 1.165) is 53.8 Å². The Hall–Kier alpha value is -2.86. The van der Waals surface area contributed by atoms with Crippen molar-refractivity contribution in [3.8, 4) is 0 Å². The van der Waals surface area contributed by atoms with Gasteiger partial charge < -0.3 is 20.5 Å². The highest BCUT2D eigenvalue weighted by atomic mass is 16.4. The number of aliphatic hydroxyl groups is 1. The zero-order valence-corrected chi connectivity index (χ0v) is 16.4. The van der Waals surface area contributed by atoms with E-state index >= 15 is 0 Å². The zero-order chi connectivity index (χ0) is 20.4. The molecule has 1 aromatic heterocycles. The van der Waals surface area contributed by atoms with E-state index < -0.39 is 5.97 Å². The summed E-state index contributed by atoms with van der Waals surface area (Å²) >= 11 is 0. The zero-order valence-electron chi connectivity index (χ0n) is 16.4. The topological polar surface area (TPSA) is 102 Å². The van der Waals surface area contributed by atoms with Gasteiger partial charge in [0.15, 0.2) is 0 Å². The number of hydrogen-bond acceptors (Lipinski definition) is 3. The van der Waals surface area contributed by atoms with Crippen LogP contribution in [0.1, 0.15) is 59.3 Å². The number of carbonyl (C=O) groups excluding carboxylic acids is 1. The molecule has 2 aromatic rings. The number of anilines is 1. The second-order valence-electron chi connectivity index (χ2n) is 7.75. The van der Waals surface area contributed by atoms with Crippen molar-refractivity contribution in [3.63, 3.8) is 0 Å². The van der Waals surface area contributed by atoms with E-state index in [4.69, 9.17) is 0 Å². The van der Waals surface area contributed by atoms with Gasteiger partial charge in [-0.05, 0) is 67.4 Å². The van der Waals surface area contributed by atoms with E-state index in [1.54, 1.807) is 0 Å². The van der Waals surface area contributed by atoms with Crippen LogP contribution in [-0.2, 0) is 35.3 Å². The molecule has 0 unspecified atom stereocenters. The molecule has 29 heavy (non-hydrogen) atoms. The van der Waals surface area contributed by atoms with Crippen molar-refractivity contribution in [2.75, 3.05) is 11.9 Å². The summed E-state index contributed by atoms with van der Waals surface area (Å²) in [4.78, 5) is 27.4. The Morgan fingerprint density at radius 1 is 1.14 bits per heavy atom. The van der Waals surface area contributed by atoms with E-state index in [2.05, 4.69) is 10.3 Å². The van der Waals surface area contributed by atoms with Crippen molar-refractivity contribution in [1.29, 1.82) is 0 Å². The largest absolute Gasteiger partial charge is 0.481 e.